The van der Waals surface area contributed by atoms with Gasteiger partial charge in [0.25, 0.3) is 0 Å². The molecule has 0 radical (unpaired) electrons. The summed E-state index contributed by atoms with van der Waals surface area (Å²) in [7, 11) is 3.99. The van der Waals surface area contributed by atoms with Gasteiger partial charge in [0.05, 0.1) is 6.61 Å². The molecular weight excluding hydrogens is 360 g/mol. The Hall–Kier alpha value is -1.39. The lowest BCUT2D eigenvalue weighted by atomic mass is 9.74. The fraction of sp³-hybridized carbons (Fsp3) is 0.720. The second kappa shape index (κ2) is 9.18. The number of carbonyl (C=O) groups is 1. The summed E-state index contributed by atoms with van der Waals surface area (Å²) in [6.45, 7) is 4.79. The molecular formula is C25H38N2O2. The predicted molar refractivity (Wildman–Crippen MR) is 117 cm³/mol. The molecule has 4 heteroatoms. The number of hydrogen-bond acceptors (Lipinski definition) is 3. The molecule has 0 N–H and O–H groups in total. The van der Waals surface area contributed by atoms with Crippen LogP contribution >= 0.6 is 0 Å². The van der Waals surface area contributed by atoms with Gasteiger partial charge in [-0.2, -0.15) is 0 Å². The van der Waals surface area contributed by atoms with Crippen molar-refractivity contribution in [3.05, 3.63) is 35.9 Å². The maximum atomic E-state index is 13.0. The Labute approximate surface area is 176 Å². The van der Waals surface area contributed by atoms with Gasteiger partial charge < -0.3 is 14.5 Å². The maximum Gasteiger partial charge on any atom is 0.225 e. The van der Waals surface area contributed by atoms with Gasteiger partial charge in [-0.25, -0.2) is 0 Å². The van der Waals surface area contributed by atoms with Crippen molar-refractivity contribution in [2.75, 3.05) is 46.9 Å². The Bertz CT molecular complexity index is 661. The molecule has 0 spiro atoms. The molecule has 4 rings (SSSR count). The van der Waals surface area contributed by atoms with Gasteiger partial charge >= 0.3 is 0 Å². The van der Waals surface area contributed by atoms with Crippen LogP contribution in [0.2, 0.25) is 0 Å². The normalized spacial score (nSPS) is 27.7. The van der Waals surface area contributed by atoms with E-state index in [4.69, 9.17) is 4.74 Å². The quantitative estimate of drug-likeness (QED) is 0.691. The van der Waals surface area contributed by atoms with Gasteiger partial charge in [-0.05, 0) is 87.9 Å². The summed E-state index contributed by atoms with van der Waals surface area (Å²) < 4.78 is 5.66. The molecule has 3 fully saturated rings. The van der Waals surface area contributed by atoms with Gasteiger partial charge in [0.2, 0.25) is 5.91 Å². The summed E-state index contributed by atoms with van der Waals surface area (Å²) in [5.74, 6) is 2.27. The second-order valence-corrected chi connectivity index (χ2v) is 9.89. The third-order valence-corrected chi connectivity index (χ3v) is 7.85. The minimum atomic E-state index is 0.249. The van der Waals surface area contributed by atoms with Gasteiger partial charge in [-0.15, -0.1) is 0 Å². The van der Waals surface area contributed by atoms with E-state index in [1.165, 1.54) is 24.8 Å². The Morgan fingerprint density at radius 1 is 1.10 bits per heavy atom. The maximum absolute atomic E-state index is 13.0. The van der Waals surface area contributed by atoms with Gasteiger partial charge in [0, 0.05) is 26.1 Å². The molecule has 2 aliphatic heterocycles. The van der Waals surface area contributed by atoms with E-state index in [1.807, 2.05) is 7.11 Å². The fourth-order valence-corrected chi connectivity index (χ4v) is 5.65. The van der Waals surface area contributed by atoms with Crippen molar-refractivity contribution in [2.24, 2.45) is 17.3 Å². The topological polar surface area (TPSA) is 32.8 Å². The highest BCUT2D eigenvalue weighted by Gasteiger charge is 2.42. The largest absolute Gasteiger partial charge is 0.384 e. The number of amides is 1. The molecule has 0 aromatic heterocycles. The molecule has 2 heterocycles. The molecule has 0 bridgehead atoms. The van der Waals surface area contributed by atoms with E-state index < -0.39 is 0 Å². The predicted octanol–water partition coefficient (Wildman–Crippen LogP) is 4.17. The highest BCUT2D eigenvalue weighted by atomic mass is 16.5. The van der Waals surface area contributed by atoms with Crippen molar-refractivity contribution in [1.29, 1.82) is 0 Å². The number of piperidine rings is 2. The van der Waals surface area contributed by atoms with Gasteiger partial charge in [0.1, 0.15) is 0 Å². The Balaban J connectivity index is 1.27. The number of hydrogen-bond donors (Lipinski definition) is 0. The molecule has 3 aliphatic rings. The summed E-state index contributed by atoms with van der Waals surface area (Å²) in [6.07, 6.45) is 8.13. The highest BCUT2D eigenvalue weighted by Crippen LogP contribution is 2.52. The van der Waals surface area contributed by atoms with E-state index >= 15 is 0 Å². The smallest absolute Gasteiger partial charge is 0.225 e. The Morgan fingerprint density at radius 3 is 2.45 bits per heavy atom. The molecule has 1 unspecified atom stereocenters. The number of ether oxygens (including phenoxy) is 1. The van der Waals surface area contributed by atoms with Crippen molar-refractivity contribution >= 4 is 5.91 Å². The van der Waals surface area contributed by atoms with Gasteiger partial charge in [0.15, 0.2) is 0 Å². The average Bonchev–Trinajstić information content (AvgIpc) is 3.54. The molecule has 1 aliphatic carbocycles. The number of carbonyl (C=O) groups excluding carboxylic acids is 1. The van der Waals surface area contributed by atoms with Crippen LogP contribution in [0.3, 0.4) is 0 Å². The first kappa shape index (κ1) is 20.9. The molecule has 1 amide bonds. The minimum absolute atomic E-state index is 0.249. The van der Waals surface area contributed by atoms with Crippen molar-refractivity contribution in [3.63, 3.8) is 0 Å². The van der Waals surface area contributed by atoms with E-state index in [0.717, 1.165) is 70.3 Å². The van der Waals surface area contributed by atoms with E-state index in [1.54, 1.807) is 0 Å². The van der Waals surface area contributed by atoms with Crippen molar-refractivity contribution in [2.45, 2.75) is 50.9 Å². The van der Waals surface area contributed by atoms with Gasteiger partial charge in [-0.3, -0.25) is 4.79 Å². The van der Waals surface area contributed by atoms with E-state index in [2.05, 4.69) is 47.2 Å². The summed E-state index contributed by atoms with van der Waals surface area (Å²) >= 11 is 0. The minimum Gasteiger partial charge on any atom is -0.384 e. The summed E-state index contributed by atoms with van der Waals surface area (Å²) in [5, 5.41) is 0. The summed E-state index contributed by atoms with van der Waals surface area (Å²) in [6, 6.07) is 11.0. The third-order valence-electron chi connectivity index (χ3n) is 7.85. The Morgan fingerprint density at radius 2 is 1.79 bits per heavy atom. The summed E-state index contributed by atoms with van der Waals surface area (Å²) in [5.41, 5.74) is 1.78. The number of methoxy groups -OCH3 is 1. The van der Waals surface area contributed by atoms with Crippen LogP contribution in [-0.2, 0) is 9.53 Å². The zero-order valence-corrected chi connectivity index (χ0v) is 18.3. The number of nitrogens with zero attached hydrogens (tertiary/aromatic N) is 2. The number of likely N-dealkylation sites (tertiary alicyclic amines) is 2. The van der Waals surface area contributed by atoms with Crippen LogP contribution in [0.25, 0.3) is 0 Å². The molecule has 1 saturated carbocycles. The van der Waals surface area contributed by atoms with Crippen LogP contribution in [0.1, 0.15) is 56.4 Å². The molecule has 4 nitrogen and oxygen atoms in total. The fourth-order valence-electron chi connectivity index (χ4n) is 5.65. The first-order valence-electron chi connectivity index (χ1n) is 11.6. The lowest BCUT2D eigenvalue weighted by molar-refractivity contribution is -0.140. The zero-order chi connectivity index (χ0) is 20.3. The number of benzene rings is 1. The first-order chi connectivity index (χ1) is 14.1. The van der Waals surface area contributed by atoms with Crippen LogP contribution in [0.15, 0.2) is 30.3 Å². The van der Waals surface area contributed by atoms with Crippen molar-refractivity contribution in [3.8, 4) is 0 Å². The van der Waals surface area contributed by atoms with Crippen LogP contribution in [0.4, 0.5) is 0 Å². The molecule has 1 aromatic rings. The average molecular weight is 399 g/mol. The zero-order valence-electron chi connectivity index (χ0n) is 18.3. The van der Waals surface area contributed by atoms with Crippen LogP contribution in [-0.4, -0.2) is 62.7 Å². The molecule has 29 heavy (non-hydrogen) atoms. The van der Waals surface area contributed by atoms with E-state index in [0.29, 0.717) is 5.91 Å². The molecule has 160 valence electrons. The lowest BCUT2D eigenvalue weighted by Gasteiger charge is -2.43. The molecule has 2 atom stereocenters. The third kappa shape index (κ3) is 5.03. The Kier molecular flexibility index (Phi) is 6.60. The first-order valence-corrected chi connectivity index (χ1v) is 11.6. The standard InChI is InChI=1S/C25H38N2O2/c1-26-14-9-21(10-15-26)24(28)27-16-12-25(13-17-27,19-29-2)11-8-22-18-23(22)20-6-4-3-5-7-20/h3-7,21-23H,8-19H2,1-2H3/t22-,23?/m1/s1. The molecule has 1 aromatic carbocycles. The van der Waals surface area contributed by atoms with Crippen LogP contribution in [0.5, 0.6) is 0 Å². The monoisotopic (exact) mass is 398 g/mol. The van der Waals surface area contributed by atoms with Crippen LogP contribution < -0.4 is 0 Å². The summed E-state index contributed by atoms with van der Waals surface area (Å²) in [4.78, 5) is 17.5. The van der Waals surface area contributed by atoms with Crippen molar-refractivity contribution in [1.82, 2.24) is 9.80 Å². The van der Waals surface area contributed by atoms with Gasteiger partial charge in [-0.1, -0.05) is 30.3 Å². The highest BCUT2D eigenvalue weighted by molar-refractivity contribution is 5.79. The van der Waals surface area contributed by atoms with Crippen molar-refractivity contribution < 1.29 is 9.53 Å². The second-order valence-electron chi connectivity index (χ2n) is 9.89. The lowest BCUT2D eigenvalue weighted by Crippen LogP contribution is -2.48. The van der Waals surface area contributed by atoms with Crippen LogP contribution in [0, 0.1) is 17.3 Å². The van der Waals surface area contributed by atoms with E-state index in [-0.39, 0.29) is 11.3 Å². The SMILES string of the molecule is COCC1(CC[C@@H]2CC2c2ccccc2)CCN(C(=O)C2CCN(C)CC2)CC1. The number of rotatable bonds is 7. The molecule has 2 saturated heterocycles. The van der Waals surface area contributed by atoms with E-state index in [9.17, 15) is 4.79 Å².